The lowest BCUT2D eigenvalue weighted by molar-refractivity contribution is 1.76. The van der Waals surface area contributed by atoms with Crippen molar-refractivity contribution >= 4 is 32.9 Å². The number of rotatable bonds is 0. The molecule has 4 rings (SSSR count). The summed E-state index contributed by atoms with van der Waals surface area (Å²) in [4.78, 5) is 0. The van der Waals surface area contributed by atoms with E-state index in [9.17, 15) is 0 Å². The Morgan fingerprint density at radius 1 is 0.737 bits per heavy atom. The maximum atomic E-state index is 3.24. The first-order chi connectivity index (χ1) is 9.45. The smallest absolute Gasteiger partial charge is 0.0442 e. The van der Waals surface area contributed by atoms with Crippen molar-refractivity contribution in [1.82, 2.24) is 0 Å². The highest BCUT2D eigenvalue weighted by molar-refractivity contribution is 7.07. The van der Waals surface area contributed by atoms with Crippen molar-refractivity contribution in [2.75, 3.05) is 0 Å². The molecule has 0 unspecified atom stereocenters. The van der Waals surface area contributed by atoms with E-state index in [2.05, 4.69) is 53.9 Å². The molecule has 0 saturated heterocycles. The van der Waals surface area contributed by atoms with E-state index in [1.807, 2.05) is 29.6 Å². The van der Waals surface area contributed by atoms with Crippen LogP contribution < -0.4 is 0 Å². The molecule has 1 heteroatoms. The minimum Gasteiger partial charge on any atom is -0.143 e. The highest BCUT2D eigenvalue weighted by Crippen LogP contribution is 2.24. The molecule has 0 atom stereocenters. The largest absolute Gasteiger partial charge is 0.143 e. The quantitative estimate of drug-likeness (QED) is 0.374. The average molecular weight is 260 g/mol. The van der Waals surface area contributed by atoms with Gasteiger partial charge in [0.05, 0.1) is 0 Å². The van der Waals surface area contributed by atoms with Crippen molar-refractivity contribution < 1.29 is 0 Å². The normalized spacial score (nSPS) is 10.1. The van der Waals surface area contributed by atoms with Gasteiger partial charge in [0.25, 0.3) is 0 Å². The minimum absolute atomic E-state index is 1.19. The maximum Gasteiger partial charge on any atom is 0.0442 e. The Labute approximate surface area is 116 Å². The van der Waals surface area contributed by atoms with Crippen LogP contribution in [0.2, 0.25) is 0 Å². The first-order valence-corrected chi connectivity index (χ1v) is 7.01. The highest BCUT2D eigenvalue weighted by atomic mass is 32.1. The van der Waals surface area contributed by atoms with Crippen LogP contribution in [0.1, 0.15) is 0 Å². The summed E-state index contributed by atoms with van der Waals surface area (Å²) in [5.74, 6) is 0. The van der Waals surface area contributed by atoms with Crippen molar-refractivity contribution in [2.24, 2.45) is 0 Å². The van der Waals surface area contributed by atoms with Gasteiger partial charge in [0, 0.05) is 5.38 Å². The number of thiophene rings is 1. The molecule has 0 saturated carbocycles. The Hall–Kier alpha value is -2.12. The average Bonchev–Trinajstić information content (AvgIpc) is 3.07. The molecular formula is C18H12S. The second-order valence-corrected chi connectivity index (χ2v) is 4.89. The predicted octanol–water partition coefficient (Wildman–Crippen LogP) is 5.34. The second kappa shape index (κ2) is 5.68. The van der Waals surface area contributed by atoms with E-state index >= 15 is 0 Å². The fraction of sp³-hybridized carbons (Fsp3) is 0. The van der Waals surface area contributed by atoms with Crippen LogP contribution in [-0.4, -0.2) is 0 Å². The van der Waals surface area contributed by atoms with Crippen molar-refractivity contribution in [3.05, 3.63) is 83.6 Å². The number of benzene rings is 3. The molecule has 1 heterocycles. The SMILES string of the molecule is [c]1cccc2c1ccc1ccccc12.[c]1cccs1. The fourth-order valence-electron chi connectivity index (χ4n) is 2.08. The third-order valence-electron chi connectivity index (χ3n) is 2.95. The van der Waals surface area contributed by atoms with Gasteiger partial charge < -0.3 is 0 Å². The van der Waals surface area contributed by atoms with Crippen LogP contribution in [0.25, 0.3) is 21.5 Å². The van der Waals surface area contributed by atoms with E-state index in [1.165, 1.54) is 21.5 Å². The van der Waals surface area contributed by atoms with Gasteiger partial charge in [-0.15, -0.1) is 11.3 Å². The van der Waals surface area contributed by atoms with Crippen LogP contribution in [0.3, 0.4) is 0 Å². The lowest BCUT2D eigenvalue weighted by atomic mass is 10.0. The van der Waals surface area contributed by atoms with Crippen molar-refractivity contribution in [3.63, 3.8) is 0 Å². The summed E-state index contributed by atoms with van der Waals surface area (Å²) in [6.07, 6.45) is 0. The standard InChI is InChI=1S/C14H9.C4H3S/c1-3-7-13-11(5-1)9-10-12-6-2-4-8-14(12)13;1-2-4-5-3-1/h1-5,7-10H;1-3H. The van der Waals surface area contributed by atoms with Gasteiger partial charge in [-0.25, -0.2) is 0 Å². The van der Waals surface area contributed by atoms with E-state index in [0.717, 1.165) is 0 Å². The summed E-state index contributed by atoms with van der Waals surface area (Å²) < 4.78 is 0. The van der Waals surface area contributed by atoms with Crippen LogP contribution in [0.4, 0.5) is 0 Å². The number of fused-ring (bicyclic) bond motifs is 3. The van der Waals surface area contributed by atoms with E-state index in [-0.39, 0.29) is 0 Å². The summed E-state index contributed by atoms with van der Waals surface area (Å²) in [5.41, 5.74) is 0. The molecule has 90 valence electrons. The van der Waals surface area contributed by atoms with Crippen LogP contribution in [0.15, 0.2) is 72.1 Å². The molecule has 1 aromatic heterocycles. The minimum atomic E-state index is 1.19. The predicted molar refractivity (Wildman–Crippen MR) is 83.4 cm³/mol. The molecule has 0 spiro atoms. The molecule has 0 N–H and O–H groups in total. The molecule has 0 fully saturated rings. The first kappa shape index (κ1) is 11.9. The van der Waals surface area contributed by atoms with E-state index in [4.69, 9.17) is 0 Å². The van der Waals surface area contributed by atoms with Gasteiger partial charge in [0.15, 0.2) is 0 Å². The lowest BCUT2D eigenvalue weighted by Gasteiger charge is -2.01. The summed E-state index contributed by atoms with van der Waals surface area (Å²) >= 11 is 1.59. The van der Waals surface area contributed by atoms with Gasteiger partial charge in [-0.2, -0.15) is 0 Å². The summed E-state index contributed by atoms with van der Waals surface area (Å²) in [7, 11) is 0. The third-order valence-corrected chi connectivity index (χ3v) is 3.51. The Bertz CT molecular complexity index is 698. The zero-order valence-corrected chi connectivity index (χ0v) is 11.2. The molecule has 0 aliphatic rings. The molecule has 4 aromatic rings. The van der Waals surface area contributed by atoms with Gasteiger partial charge in [-0.1, -0.05) is 60.7 Å². The van der Waals surface area contributed by atoms with Crippen molar-refractivity contribution in [1.29, 1.82) is 0 Å². The highest BCUT2D eigenvalue weighted by Gasteiger charge is 1.97. The van der Waals surface area contributed by atoms with Crippen molar-refractivity contribution in [2.45, 2.75) is 0 Å². The van der Waals surface area contributed by atoms with Gasteiger partial charge in [0.1, 0.15) is 0 Å². The maximum absolute atomic E-state index is 3.24. The third kappa shape index (κ3) is 2.67. The summed E-state index contributed by atoms with van der Waals surface area (Å²) in [6, 6.07) is 26.0. The molecule has 0 aliphatic carbocycles. The van der Waals surface area contributed by atoms with E-state index in [1.54, 1.807) is 11.3 Å². The lowest BCUT2D eigenvalue weighted by Crippen LogP contribution is -1.75. The topological polar surface area (TPSA) is 0 Å². The molecular weight excluding hydrogens is 248 g/mol. The number of hydrogen-bond donors (Lipinski definition) is 0. The number of hydrogen-bond acceptors (Lipinski definition) is 1. The van der Waals surface area contributed by atoms with Gasteiger partial charge in [-0.3, -0.25) is 0 Å². The molecule has 0 aliphatic heterocycles. The Morgan fingerprint density at radius 3 is 2.42 bits per heavy atom. The van der Waals surface area contributed by atoms with Crippen molar-refractivity contribution in [3.8, 4) is 0 Å². The van der Waals surface area contributed by atoms with Gasteiger partial charge in [-0.05, 0) is 39.1 Å². The van der Waals surface area contributed by atoms with Gasteiger partial charge in [0.2, 0.25) is 0 Å². The molecule has 0 amide bonds. The van der Waals surface area contributed by atoms with E-state index in [0.29, 0.717) is 0 Å². The fourth-order valence-corrected chi connectivity index (χ4v) is 2.47. The van der Waals surface area contributed by atoms with E-state index < -0.39 is 0 Å². The summed E-state index contributed by atoms with van der Waals surface area (Å²) in [5, 5.41) is 9.96. The first-order valence-electron chi connectivity index (χ1n) is 6.13. The molecule has 3 aromatic carbocycles. The van der Waals surface area contributed by atoms with Crippen LogP contribution in [0.5, 0.6) is 0 Å². The van der Waals surface area contributed by atoms with Crippen LogP contribution in [-0.2, 0) is 0 Å². The molecule has 2 radical (unpaired) electrons. The second-order valence-electron chi connectivity index (χ2n) is 4.15. The Balaban J connectivity index is 0.000000187. The summed E-state index contributed by atoms with van der Waals surface area (Å²) in [6.45, 7) is 0. The zero-order chi connectivity index (χ0) is 12.9. The Kier molecular flexibility index (Phi) is 3.57. The molecule has 0 bridgehead atoms. The van der Waals surface area contributed by atoms with Crippen LogP contribution in [0, 0.1) is 11.4 Å². The Morgan fingerprint density at radius 2 is 1.63 bits per heavy atom. The van der Waals surface area contributed by atoms with Crippen LogP contribution >= 0.6 is 11.3 Å². The molecule has 19 heavy (non-hydrogen) atoms. The zero-order valence-electron chi connectivity index (χ0n) is 10.3. The van der Waals surface area contributed by atoms with Gasteiger partial charge >= 0.3 is 0 Å². The molecule has 0 nitrogen and oxygen atoms in total. The monoisotopic (exact) mass is 260 g/mol.